The molecule has 104 valence electrons. The van der Waals surface area contributed by atoms with Crippen LogP contribution in [-0.2, 0) is 4.79 Å². The molecule has 0 saturated heterocycles. The summed E-state index contributed by atoms with van der Waals surface area (Å²) >= 11 is 9.47. The zero-order valence-electron chi connectivity index (χ0n) is 10.7. The van der Waals surface area contributed by atoms with Crippen molar-refractivity contribution < 1.29 is 9.90 Å². The van der Waals surface area contributed by atoms with E-state index in [-0.39, 0.29) is 0 Å². The maximum absolute atomic E-state index is 11.5. The van der Waals surface area contributed by atoms with E-state index in [4.69, 9.17) is 11.6 Å². The van der Waals surface area contributed by atoms with Crippen LogP contribution < -0.4 is 5.32 Å². The predicted molar refractivity (Wildman–Crippen MR) is 84.3 cm³/mol. The standard InChI is InChI=1S/C15H13BrClNO2/c1-9-6-7-10(8-11(9)16)14(15(19)20)18-13-5-3-2-4-12(13)17/h2-8,14,18H,1H3,(H,19,20). The fourth-order valence-corrected chi connectivity index (χ4v) is 2.40. The Kier molecular flexibility index (Phi) is 4.68. The zero-order chi connectivity index (χ0) is 14.7. The first-order valence-electron chi connectivity index (χ1n) is 5.99. The number of aryl methyl sites for hydroxylation is 1. The number of aliphatic carboxylic acids is 1. The van der Waals surface area contributed by atoms with E-state index < -0.39 is 12.0 Å². The predicted octanol–water partition coefficient (Wildman–Crippen LogP) is 4.65. The van der Waals surface area contributed by atoms with Crippen molar-refractivity contribution in [3.8, 4) is 0 Å². The number of hydrogen-bond acceptors (Lipinski definition) is 2. The first-order chi connectivity index (χ1) is 9.49. The molecule has 0 aromatic heterocycles. The van der Waals surface area contributed by atoms with Gasteiger partial charge in [-0.25, -0.2) is 4.79 Å². The molecule has 0 saturated carbocycles. The molecule has 0 aliphatic rings. The van der Waals surface area contributed by atoms with Crippen molar-refractivity contribution >= 4 is 39.2 Å². The Bertz CT molecular complexity index is 646. The number of benzene rings is 2. The Morgan fingerprint density at radius 1 is 1.30 bits per heavy atom. The van der Waals surface area contributed by atoms with Gasteiger partial charge in [0, 0.05) is 4.47 Å². The highest BCUT2D eigenvalue weighted by Crippen LogP contribution is 2.28. The van der Waals surface area contributed by atoms with Gasteiger partial charge in [-0.05, 0) is 36.2 Å². The van der Waals surface area contributed by atoms with Gasteiger partial charge in [-0.15, -0.1) is 0 Å². The number of para-hydroxylation sites is 1. The van der Waals surface area contributed by atoms with Gasteiger partial charge in [0.2, 0.25) is 0 Å². The summed E-state index contributed by atoms with van der Waals surface area (Å²) in [5.74, 6) is -0.958. The summed E-state index contributed by atoms with van der Waals surface area (Å²) in [4.78, 5) is 11.5. The molecule has 2 aromatic carbocycles. The lowest BCUT2D eigenvalue weighted by Gasteiger charge is -2.17. The van der Waals surface area contributed by atoms with E-state index in [9.17, 15) is 9.90 Å². The molecular formula is C15H13BrClNO2. The van der Waals surface area contributed by atoms with E-state index >= 15 is 0 Å². The third-order valence-corrected chi connectivity index (χ3v) is 4.13. The lowest BCUT2D eigenvalue weighted by atomic mass is 10.0. The number of carboxylic acids is 1. The first-order valence-corrected chi connectivity index (χ1v) is 7.16. The van der Waals surface area contributed by atoms with E-state index in [2.05, 4.69) is 21.2 Å². The van der Waals surface area contributed by atoms with E-state index in [0.717, 1.165) is 10.0 Å². The largest absolute Gasteiger partial charge is 0.479 e. The van der Waals surface area contributed by atoms with Crippen LogP contribution in [0.5, 0.6) is 0 Å². The molecule has 0 aliphatic carbocycles. The quantitative estimate of drug-likeness (QED) is 0.840. The maximum Gasteiger partial charge on any atom is 0.330 e. The molecule has 2 rings (SSSR count). The van der Waals surface area contributed by atoms with Crippen molar-refractivity contribution in [3.63, 3.8) is 0 Å². The van der Waals surface area contributed by atoms with Crippen LogP contribution in [-0.4, -0.2) is 11.1 Å². The fraction of sp³-hybridized carbons (Fsp3) is 0.133. The van der Waals surface area contributed by atoms with Crippen molar-refractivity contribution in [1.29, 1.82) is 0 Å². The van der Waals surface area contributed by atoms with Gasteiger partial charge in [-0.2, -0.15) is 0 Å². The SMILES string of the molecule is Cc1ccc(C(Nc2ccccc2Cl)C(=O)O)cc1Br. The molecule has 0 heterocycles. The lowest BCUT2D eigenvalue weighted by Crippen LogP contribution is -2.20. The highest BCUT2D eigenvalue weighted by atomic mass is 79.9. The van der Waals surface area contributed by atoms with E-state index in [0.29, 0.717) is 16.3 Å². The minimum absolute atomic E-state index is 0.491. The molecule has 2 aromatic rings. The van der Waals surface area contributed by atoms with E-state index in [1.807, 2.05) is 13.0 Å². The highest BCUT2D eigenvalue weighted by Gasteiger charge is 2.21. The molecule has 0 spiro atoms. The van der Waals surface area contributed by atoms with E-state index in [1.54, 1.807) is 36.4 Å². The number of anilines is 1. The van der Waals surface area contributed by atoms with Gasteiger partial charge in [-0.3, -0.25) is 0 Å². The summed E-state index contributed by atoms with van der Waals surface area (Å²) in [5, 5.41) is 12.9. The molecule has 1 atom stereocenters. The summed E-state index contributed by atoms with van der Waals surface area (Å²) in [6.07, 6.45) is 0. The number of rotatable bonds is 4. The summed E-state index contributed by atoms with van der Waals surface area (Å²) < 4.78 is 0.877. The molecule has 0 aliphatic heterocycles. The van der Waals surface area contributed by atoms with Crippen molar-refractivity contribution in [1.82, 2.24) is 0 Å². The van der Waals surface area contributed by atoms with Gasteiger partial charge < -0.3 is 10.4 Å². The number of hydrogen-bond donors (Lipinski definition) is 2. The Hall–Kier alpha value is -1.52. The lowest BCUT2D eigenvalue weighted by molar-refractivity contribution is -0.138. The van der Waals surface area contributed by atoms with Crippen LogP contribution in [0.2, 0.25) is 5.02 Å². The van der Waals surface area contributed by atoms with Crippen LogP contribution in [0.3, 0.4) is 0 Å². The van der Waals surface area contributed by atoms with Crippen LogP contribution in [0.1, 0.15) is 17.2 Å². The van der Waals surface area contributed by atoms with Gasteiger partial charge >= 0.3 is 5.97 Å². The average Bonchev–Trinajstić information content (AvgIpc) is 2.41. The number of halogens is 2. The normalized spacial score (nSPS) is 11.9. The molecule has 20 heavy (non-hydrogen) atoms. The van der Waals surface area contributed by atoms with Crippen LogP contribution in [0.25, 0.3) is 0 Å². The van der Waals surface area contributed by atoms with Crippen molar-refractivity contribution in [2.45, 2.75) is 13.0 Å². The van der Waals surface area contributed by atoms with Gasteiger partial charge in [0.1, 0.15) is 0 Å². The Morgan fingerprint density at radius 3 is 2.60 bits per heavy atom. The highest BCUT2D eigenvalue weighted by molar-refractivity contribution is 9.10. The summed E-state index contributed by atoms with van der Waals surface area (Å²) in [5.41, 5.74) is 2.31. The second-order valence-corrected chi connectivity index (χ2v) is 5.67. The van der Waals surface area contributed by atoms with Crippen molar-refractivity contribution in [3.05, 3.63) is 63.1 Å². The van der Waals surface area contributed by atoms with Crippen LogP contribution in [0, 0.1) is 6.92 Å². The van der Waals surface area contributed by atoms with Crippen molar-refractivity contribution in [2.24, 2.45) is 0 Å². The number of carbonyl (C=O) groups is 1. The maximum atomic E-state index is 11.5. The van der Waals surface area contributed by atoms with Crippen LogP contribution in [0.4, 0.5) is 5.69 Å². The molecule has 0 radical (unpaired) electrons. The van der Waals surface area contributed by atoms with Gasteiger partial charge in [0.25, 0.3) is 0 Å². The summed E-state index contributed by atoms with van der Waals surface area (Å²) in [6, 6.07) is 11.7. The third kappa shape index (κ3) is 3.32. The molecule has 0 amide bonds. The molecule has 5 heteroatoms. The van der Waals surface area contributed by atoms with Crippen LogP contribution >= 0.6 is 27.5 Å². The molecule has 0 bridgehead atoms. The average molecular weight is 355 g/mol. The zero-order valence-corrected chi connectivity index (χ0v) is 13.1. The smallest absolute Gasteiger partial charge is 0.330 e. The Balaban J connectivity index is 2.34. The van der Waals surface area contributed by atoms with E-state index in [1.165, 1.54) is 0 Å². The molecule has 0 fully saturated rings. The van der Waals surface area contributed by atoms with Gasteiger partial charge in [0.05, 0.1) is 10.7 Å². The fourth-order valence-electron chi connectivity index (χ4n) is 1.81. The third-order valence-electron chi connectivity index (χ3n) is 2.95. The van der Waals surface area contributed by atoms with Crippen molar-refractivity contribution in [2.75, 3.05) is 5.32 Å². The molecule has 3 nitrogen and oxygen atoms in total. The second kappa shape index (κ2) is 6.29. The summed E-state index contributed by atoms with van der Waals surface area (Å²) in [6.45, 7) is 1.95. The second-order valence-electron chi connectivity index (χ2n) is 4.40. The van der Waals surface area contributed by atoms with Gasteiger partial charge in [0.15, 0.2) is 6.04 Å². The van der Waals surface area contributed by atoms with Crippen LogP contribution in [0.15, 0.2) is 46.9 Å². The van der Waals surface area contributed by atoms with Gasteiger partial charge in [-0.1, -0.05) is 51.8 Å². The minimum atomic E-state index is -0.958. The topological polar surface area (TPSA) is 49.3 Å². The Morgan fingerprint density at radius 2 is 2.00 bits per heavy atom. The number of carboxylic acid groups (broad SMARTS) is 1. The minimum Gasteiger partial charge on any atom is -0.479 e. The molecule has 1 unspecified atom stereocenters. The Labute approximate surface area is 130 Å². The molecule has 2 N–H and O–H groups in total. The summed E-state index contributed by atoms with van der Waals surface area (Å²) in [7, 11) is 0. The number of nitrogens with one attached hydrogen (secondary N) is 1. The molecular weight excluding hydrogens is 342 g/mol. The first kappa shape index (κ1) is 14.9. The monoisotopic (exact) mass is 353 g/mol.